The molecule has 2 aromatic carbocycles. The second-order valence-corrected chi connectivity index (χ2v) is 20.0. The van der Waals surface area contributed by atoms with Crippen LogP contribution in [0.1, 0.15) is 83.7 Å². The lowest BCUT2D eigenvalue weighted by molar-refractivity contribution is -0.155. The molecule has 2 saturated heterocycles. The first kappa shape index (κ1) is 51.7. The Hall–Kier alpha value is -6.10. The largest absolute Gasteiger partial charge is 0.464 e. The second kappa shape index (κ2) is 22.3. The van der Waals surface area contributed by atoms with Crippen molar-refractivity contribution >= 4 is 40.6 Å². The number of hydrazine groups is 1. The van der Waals surface area contributed by atoms with Gasteiger partial charge in [-0.2, -0.15) is 0 Å². The third-order valence-corrected chi connectivity index (χ3v) is 14.1. The van der Waals surface area contributed by atoms with Crippen molar-refractivity contribution in [3.05, 3.63) is 90.3 Å². The number of aryl methyl sites for hydroxylation is 1. The fourth-order valence-corrected chi connectivity index (χ4v) is 10.5. The molecule has 0 spiro atoms. The van der Waals surface area contributed by atoms with Crippen molar-refractivity contribution in [3.8, 4) is 22.4 Å². The Kier molecular flexibility index (Phi) is 16.5. The number of aromatic nitrogens is 2. The number of nitrogens with one attached hydrogen (secondary N) is 2. The molecule has 16 heteroatoms. The van der Waals surface area contributed by atoms with Gasteiger partial charge in [-0.3, -0.25) is 29.2 Å². The van der Waals surface area contributed by atoms with Crippen molar-refractivity contribution in [1.82, 2.24) is 40.0 Å². The van der Waals surface area contributed by atoms with Gasteiger partial charge in [0.2, 0.25) is 11.8 Å². The molecule has 2 fully saturated rings. The monoisotopic (exact) mass is 961 g/mol. The number of urea groups is 1. The molecule has 3 aliphatic heterocycles. The van der Waals surface area contributed by atoms with Crippen LogP contribution in [0.15, 0.2) is 73.4 Å². The summed E-state index contributed by atoms with van der Waals surface area (Å²) in [5.41, 5.74) is 10.4. The lowest BCUT2D eigenvalue weighted by atomic mass is 9.84. The van der Waals surface area contributed by atoms with Gasteiger partial charge in [-0.15, -0.1) is 0 Å². The predicted octanol–water partition coefficient (Wildman–Crippen LogP) is 6.56. The number of ether oxygens (including phenoxy) is 3. The highest BCUT2D eigenvalue weighted by molar-refractivity contribution is 5.96. The highest BCUT2D eigenvalue weighted by Crippen LogP contribution is 2.42. The molecule has 6 bridgehead atoms. The Bertz CT molecular complexity index is 2570. The minimum atomic E-state index is -1.07. The maximum Gasteiger partial charge on any atom is 0.324 e. The second-order valence-electron chi connectivity index (χ2n) is 20.0. The molecule has 0 saturated carbocycles. The van der Waals surface area contributed by atoms with Crippen molar-refractivity contribution in [2.24, 2.45) is 11.3 Å². The molecule has 5 atom stereocenters. The molecule has 376 valence electrons. The number of rotatable bonds is 13. The summed E-state index contributed by atoms with van der Waals surface area (Å²) < 4.78 is 19.5. The number of amides is 5. The van der Waals surface area contributed by atoms with Crippen molar-refractivity contribution in [3.63, 3.8) is 0 Å². The molecule has 2 N–H and O–H groups in total. The van der Waals surface area contributed by atoms with Crippen LogP contribution < -0.4 is 10.7 Å². The summed E-state index contributed by atoms with van der Waals surface area (Å²) in [6, 6.07) is 15.2. The number of carbonyl (C=O) groups excluding carboxylic acids is 5. The molecule has 3 aliphatic rings. The van der Waals surface area contributed by atoms with Gasteiger partial charge in [-0.1, -0.05) is 64.6 Å². The summed E-state index contributed by atoms with van der Waals surface area (Å²) >= 11 is 0. The first-order valence-corrected chi connectivity index (χ1v) is 24.7. The van der Waals surface area contributed by atoms with Crippen molar-refractivity contribution in [2.75, 3.05) is 60.7 Å². The summed E-state index contributed by atoms with van der Waals surface area (Å²) in [6.07, 6.45) is 5.09. The van der Waals surface area contributed by atoms with Crippen LogP contribution in [-0.4, -0.2) is 144 Å². The maximum atomic E-state index is 14.8. The van der Waals surface area contributed by atoms with E-state index < -0.39 is 41.3 Å². The van der Waals surface area contributed by atoms with E-state index in [4.69, 9.17) is 19.2 Å². The molecule has 7 rings (SSSR count). The summed E-state index contributed by atoms with van der Waals surface area (Å²) in [4.78, 5) is 80.0. The van der Waals surface area contributed by atoms with Crippen LogP contribution in [0.2, 0.25) is 0 Å². The maximum absolute atomic E-state index is 14.8. The average Bonchev–Trinajstić information content (AvgIpc) is 3.97. The number of hydrogen-bond acceptors (Lipinski definition) is 10. The molecular formula is C54H72N8O8. The number of carbonyl (C=O) groups is 5. The zero-order valence-corrected chi connectivity index (χ0v) is 42.5. The number of cyclic esters (lactones) is 1. The van der Waals surface area contributed by atoms with Crippen LogP contribution in [0, 0.1) is 11.3 Å². The molecule has 70 heavy (non-hydrogen) atoms. The molecule has 4 aromatic rings. The van der Waals surface area contributed by atoms with E-state index in [1.807, 2.05) is 39.0 Å². The Morgan fingerprint density at radius 2 is 1.81 bits per heavy atom. The smallest absolute Gasteiger partial charge is 0.324 e. The number of pyridine rings is 1. The first-order chi connectivity index (χ1) is 33.5. The van der Waals surface area contributed by atoms with Crippen LogP contribution in [0.3, 0.4) is 0 Å². The van der Waals surface area contributed by atoms with Crippen LogP contribution in [-0.2, 0) is 52.8 Å². The van der Waals surface area contributed by atoms with Crippen LogP contribution in [0.4, 0.5) is 4.79 Å². The first-order valence-electron chi connectivity index (χ1n) is 24.7. The van der Waals surface area contributed by atoms with Gasteiger partial charge >= 0.3 is 12.0 Å². The quantitative estimate of drug-likeness (QED) is 0.111. The Balaban J connectivity index is 1.25. The van der Waals surface area contributed by atoms with Gasteiger partial charge in [0.1, 0.15) is 18.1 Å². The number of nitrogens with zero attached hydrogens (tertiary/aromatic N) is 6. The molecule has 0 aliphatic carbocycles. The van der Waals surface area contributed by atoms with Gasteiger partial charge in [0.25, 0.3) is 5.91 Å². The Morgan fingerprint density at radius 1 is 1.04 bits per heavy atom. The van der Waals surface area contributed by atoms with Gasteiger partial charge in [-0.25, -0.2) is 10.2 Å². The normalized spacial score (nSPS) is 20.4. The third-order valence-electron chi connectivity index (χ3n) is 14.1. The average molecular weight is 961 g/mol. The molecule has 2 aromatic heterocycles. The van der Waals surface area contributed by atoms with Gasteiger partial charge in [-0.05, 0) is 98.0 Å². The summed E-state index contributed by atoms with van der Waals surface area (Å²) in [5.74, 6) is -1.92. The highest BCUT2D eigenvalue weighted by atomic mass is 16.5. The van der Waals surface area contributed by atoms with Crippen LogP contribution >= 0.6 is 0 Å². The van der Waals surface area contributed by atoms with E-state index in [0.717, 1.165) is 50.1 Å². The number of likely N-dealkylation sites (tertiary alicyclic amines) is 1. The predicted molar refractivity (Wildman–Crippen MR) is 269 cm³/mol. The van der Waals surface area contributed by atoms with Gasteiger partial charge < -0.3 is 38.8 Å². The van der Waals surface area contributed by atoms with Crippen LogP contribution in [0.5, 0.6) is 0 Å². The third kappa shape index (κ3) is 11.1. The van der Waals surface area contributed by atoms with E-state index in [-0.39, 0.29) is 49.6 Å². The topological polar surface area (TPSA) is 168 Å². The van der Waals surface area contributed by atoms with Crippen molar-refractivity contribution < 1.29 is 38.2 Å². The molecule has 0 unspecified atom stereocenters. The molecule has 16 nitrogen and oxygen atoms in total. The molecule has 5 heterocycles. The van der Waals surface area contributed by atoms with E-state index >= 15 is 0 Å². The Labute approximate surface area is 412 Å². The van der Waals surface area contributed by atoms with Gasteiger partial charge in [0, 0.05) is 88.5 Å². The van der Waals surface area contributed by atoms with E-state index in [9.17, 15) is 24.0 Å². The highest BCUT2D eigenvalue weighted by Gasteiger charge is 2.40. The number of hydrogen-bond donors (Lipinski definition) is 2. The van der Waals surface area contributed by atoms with E-state index in [2.05, 4.69) is 79.1 Å². The summed E-state index contributed by atoms with van der Waals surface area (Å²) in [6.45, 7) is 18.3. The SMILES string of the molecule is C=CC(=O)N(CCOC)[C@H]1CCN(C(=O)N(C)[C@H](C(=O)N[C@H]2Cc3cccc(c3)-c3ccc4c(c3)c(c(-c3cccnc3[C@H](C)OC)n4CC)CC(C)(C)COC(=O)[C@@H]3CCCN(N3)C2=O)C(C)C)C1. The zero-order valence-electron chi connectivity index (χ0n) is 42.5. The minimum Gasteiger partial charge on any atom is -0.464 e. The minimum absolute atomic E-state index is 0.130. The molecular weight excluding hydrogens is 889 g/mol. The number of esters is 1. The fraction of sp³-hybridized carbons (Fsp3) is 0.519. The van der Waals surface area contributed by atoms with Crippen molar-refractivity contribution in [1.29, 1.82) is 0 Å². The number of fused-ring (bicyclic) bond motifs is 6. The van der Waals surface area contributed by atoms with Gasteiger partial charge in [0.05, 0.1) is 36.7 Å². The molecule has 5 amide bonds. The van der Waals surface area contributed by atoms with Crippen LogP contribution in [0.25, 0.3) is 33.3 Å². The fourth-order valence-electron chi connectivity index (χ4n) is 10.5. The number of likely N-dealkylation sites (N-methyl/N-ethyl adjacent to an activating group) is 1. The number of methoxy groups -OCH3 is 2. The summed E-state index contributed by atoms with van der Waals surface area (Å²) in [5, 5.41) is 5.59. The summed E-state index contributed by atoms with van der Waals surface area (Å²) in [7, 11) is 4.86. The van der Waals surface area contributed by atoms with E-state index in [1.165, 1.54) is 16.0 Å². The Morgan fingerprint density at radius 3 is 2.53 bits per heavy atom. The van der Waals surface area contributed by atoms with E-state index in [0.29, 0.717) is 58.5 Å². The molecule has 0 radical (unpaired) electrons. The zero-order chi connectivity index (χ0) is 50.4. The standard InChI is InChI=1S/C54H72N8O8/c1-11-46(63)61(26-27-68-9)39-22-25-59(32-39)53(67)58(8)48(34(3)4)50(64)56-44-29-36-16-13-17-37(28-36)38-20-21-45-41(30-38)42(49(60(45)12-2)40-18-14-23-55-47(40)35(5)69-10)31-54(6,7)33-70-52(66)43-19-15-24-62(57-43)51(44)65/h11,13-14,16-18,20-21,23,28,30,34-35,39,43-44,48,57H,1,12,15,19,22,24-27,29,31-33H2,2-10H3,(H,56,64)/t35-,39-,43-,44-,48-/m0/s1. The van der Waals surface area contributed by atoms with E-state index in [1.54, 1.807) is 37.3 Å². The lowest BCUT2D eigenvalue weighted by Crippen LogP contribution is -2.62. The lowest BCUT2D eigenvalue weighted by Gasteiger charge is -2.37. The van der Waals surface area contributed by atoms with Crippen molar-refractivity contribution in [2.45, 2.75) is 110 Å². The van der Waals surface area contributed by atoms with Gasteiger partial charge in [0.15, 0.2) is 0 Å². The number of benzene rings is 2.